The summed E-state index contributed by atoms with van der Waals surface area (Å²) >= 11 is 7.82. The number of aromatic nitrogens is 1. The Morgan fingerprint density at radius 3 is 2.92 bits per heavy atom. The van der Waals surface area contributed by atoms with Gasteiger partial charge in [-0.25, -0.2) is 14.2 Å². The minimum absolute atomic E-state index is 0.0900. The van der Waals surface area contributed by atoms with Gasteiger partial charge < -0.3 is 19.9 Å². The van der Waals surface area contributed by atoms with Gasteiger partial charge >= 0.3 is 11.9 Å². The Balaban J connectivity index is 1.68. The van der Waals surface area contributed by atoms with E-state index in [2.05, 4.69) is 15.2 Å². The molecular weight excluding hydrogens is 537 g/mol. The van der Waals surface area contributed by atoms with Gasteiger partial charge in [0.25, 0.3) is 0 Å². The lowest BCUT2D eigenvalue weighted by Gasteiger charge is -2.36. The molecule has 1 saturated heterocycles. The molecule has 2 N–H and O–H groups in total. The lowest BCUT2D eigenvalue weighted by molar-refractivity contribution is -0.139. The first kappa shape index (κ1) is 28.1. The standard InChI is InChI=1S/C25H29ClFN5O5S/c1-3-36-25(35)21-19(13-32-7-8-37-16(12-32)11-31(2)14-20(33)34)29-23(24-28-6-9-38-24)30-22(21)17-5-4-15(27)10-18(17)26/h4-6,9-10,16,22H,3,7-8,11-14H2,1-2H3,(H,29,30)(H,33,34)/t16?,22-/m0/s1. The first-order valence-corrected chi connectivity index (χ1v) is 13.3. The number of hydrogen-bond donors (Lipinski definition) is 2. The van der Waals surface area contributed by atoms with Crippen LogP contribution in [0.2, 0.25) is 5.02 Å². The summed E-state index contributed by atoms with van der Waals surface area (Å²) in [5.41, 5.74) is 1.33. The van der Waals surface area contributed by atoms with E-state index < -0.39 is 23.8 Å². The number of aliphatic imine (C=N–C) groups is 1. The highest BCUT2D eigenvalue weighted by atomic mass is 35.5. The fraction of sp³-hybridized carbons (Fsp3) is 0.440. The molecule has 1 fully saturated rings. The predicted molar refractivity (Wildman–Crippen MR) is 141 cm³/mol. The molecule has 0 aliphatic carbocycles. The minimum atomic E-state index is -0.907. The summed E-state index contributed by atoms with van der Waals surface area (Å²) in [6, 6.07) is 3.16. The van der Waals surface area contributed by atoms with Crippen molar-refractivity contribution in [1.29, 1.82) is 0 Å². The second-order valence-corrected chi connectivity index (χ2v) is 10.2. The molecule has 1 aromatic carbocycles. The Morgan fingerprint density at radius 1 is 1.42 bits per heavy atom. The maximum atomic E-state index is 13.9. The number of carboxylic acid groups (broad SMARTS) is 1. The predicted octanol–water partition coefficient (Wildman–Crippen LogP) is 2.56. The fourth-order valence-corrected chi connectivity index (χ4v) is 5.33. The molecule has 0 radical (unpaired) electrons. The number of thiazole rings is 1. The molecule has 2 aliphatic heterocycles. The number of carboxylic acids is 1. The summed E-state index contributed by atoms with van der Waals surface area (Å²) in [7, 11) is 1.73. The Labute approximate surface area is 228 Å². The van der Waals surface area contributed by atoms with Crippen molar-refractivity contribution in [2.45, 2.75) is 19.1 Å². The molecule has 2 aromatic rings. The van der Waals surface area contributed by atoms with Crippen LogP contribution < -0.4 is 5.32 Å². The van der Waals surface area contributed by atoms with E-state index in [9.17, 15) is 14.0 Å². The van der Waals surface area contributed by atoms with E-state index in [1.807, 2.05) is 5.38 Å². The maximum Gasteiger partial charge on any atom is 0.338 e. The third-order valence-electron chi connectivity index (χ3n) is 6.04. The van der Waals surface area contributed by atoms with Gasteiger partial charge in [0.1, 0.15) is 11.9 Å². The zero-order valence-electron chi connectivity index (χ0n) is 21.0. The summed E-state index contributed by atoms with van der Waals surface area (Å²) in [5, 5.41) is 15.0. The van der Waals surface area contributed by atoms with Crippen molar-refractivity contribution in [3.05, 3.63) is 62.5 Å². The van der Waals surface area contributed by atoms with E-state index in [4.69, 9.17) is 31.2 Å². The number of carbonyl (C=O) groups excluding carboxylic acids is 1. The fourth-order valence-electron chi connectivity index (χ4n) is 4.47. The Bertz CT molecular complexity index is 1220. The van der Waals surface area contributed by atoms with Crippen LogP contribution in [-0.2, 0) is 19.1 Å². The third-order valence-corrected chi connectivity index (χ3v) is 7.15. The van der Waals surface area contributed by atoms with Gasteiger partial charge in [0, 0.05) is 54.0 Å². The number of esters is 1. The minimum Gasteiger partial charge on any atom is -0.480 e. The summed E-state index contributed by atoms with van der Waals surface area (Å²) in [6.45, 7) is 4.16. The molecule has 2 aliphatic rings. The molecule has 1 aromatic heterocycles. The number of amidine groups is 1. The van der Waals surface area contributed by atoms with Crippen molar-refractivity contribution in [2.24, 2.45) is 4.99 Å². The Kier molecular flexibility index (Phi) is 9.44. The van der Waals surface area contributed by atoms with Gasteiger partial charge in [-0.3, -0.25) is 19.6 Å². The molecule has 4 rings (SSSR count). The van der Waals surface area contributed by atoms with Gasteiger partial charge in [-0.1, -0.05) is 17.7 Å². The Hall–Kier alpha value is -2.90. The summed E-state index contributed by atoms with van der Waals surface area (Å²) in [4.78, 5) is 37.3. The van der Waals surface area contributed by atoms with Crippen molar-refractivity contribution in [3.63, 3.8) is 0 Å². The molecule has 0 spiro atoms. The average Bonchev–Trinajstić information content (AvgIpc) is 3.38. The van der Waals surface area contributed by atoms with Gasteiger partial charge in [-0.2, -0.15) is 0 Å². The number of carbonyl (C=O) groups is 2. The van der Waals surface area contributed by atoms with E-state index in [-0.39, 0.29) is 29.9 Å². The molecule has 1 unspecified atom stereocenters. The molecule has 204 valence electrons. The molecule has 0 saturated carbocycles. The van der Waals surface area contributed by atoms with Crippen molar-refractivity contribution >= 4 is 40.7 Å². The average molecular weight is 566 g/mol. The monoisotopic (exact) mass is 565 g/mol. The van der Waals surface area contributed by atoms with Crippen LogP contribution in [0.15, 0.2) is 46.0 Å². The van der Waals surface area contributed by atoms with E-state index in [1.165, 1.54) is 29.5 Å². The molecule has 0 amide bonds. The third kappa shape index (κ3) is 6.94. The van der Waals surface area contributed by atoms with Crippen LogP contribution in [0.3, 0.4) is 0 Å². The zero-order chi connectivity index (χ0) is 27.2. The smallest absolute Gasteiger partial charge is 0.338 e. The number of nitrogens with zero attached hydrogens (tertiary/aromatic N) is 4. The van der Waals surface area contributed by atoms with Crippen LogP contribution in [-0.4, -0.2) is 96.8 Å². The number of halogens is 2. The number of benzene rings is 1. The molecule has 0 bridgehead atoms. The number of hydrogen-bond acceptors (Lipinski definition) is 10. The zero-order valence-corrected chi connectivity index (χ0v) is 22.6. The van der Waals surface area contributed by atoms with Crippen LogP contribution in [0.25, 0.3) is 0 Å². The SMILES string of the molecule is CCOC(=O)C1=C(CN2CCOC(CN(C)CC(=O)O)C2)NC(c2nccs2)=N[C@H]1c1ccc(F)cc1Cl. The van der Waals surface area contributed by atoms with Crippen molar-refractivity contribution < 1.29 is 28.6 Å². The number of rotatable bonds is 10. The van der Waals surface area contributed by atoms with Crippen molar-refractivity contribution in [3.8, 4) is 0 Å². The van der Waals surface area contributed by atoms with E-state index >= 15 is 0 Å². The Morgan fingerprint density at radius 2 is 2.24 bits per heavy atom. The molecule has 38 heavy (non-hydrogen) atoms. The first-order chi connectivity index (χ1) is 18.2. The summed E-state index contributed by atoms with van der Waals surface area (Å²) < 4.78 is 25.2. The molecule has 13 heteroatoms. The second-order valence-electron chi connectivity index (χ2n) is 8.94. The summed E-state index contributed by atoms with van der Waals surface area (Å²) in [5.74, 6) is -1.48. The normalized spacial score (nSPS) is 20.3. The number of morpholine rings is 1. The van der Waals surface area contributed by atoms with Crippen LogP contribution >= 0.6 is 22.9 Å². The van der Waals surface area contributed by atoms with Crippen molar-refractivity contribution in [2.75, 3.05) is 53.0 Å². The molecule has 2 atom stereocenters. The van der Waals surface area contributed by atoms with E-state index in [1.54, 1.807) is 25.1 Å². The highest BCUT2D eigenvalue weighted by Crippen LogP contribution is 2.37. The lowest BCUT2D eigenvalue weighted by atomic mass is 9.95. The molecule has 10 nitrogen and oxygen atoms in total. The number of likely N-dealkylation sites (N-methyl/N-ethyl adjacent to an activating group) is 1. The van der Waals surface area contributed by atoms with E-state index in [0.29, 0.717) is 54.9 Å². The number of ether oxygens (including phenoxy) is 2. The van der Waals surface area contributed by atoms with Crippen LogP contribution in [0, 0.1) is 5.82 Å². The largest absolute Gasteiger partial charge is 0.480 e. The quantitative estimate of drug-likeness (QED) is 0.419. The van der Waals surface area contributed by atoms with E-state index in [0.717, 1.165) is 0 Å². The number of aliphatic carboxylic acids is 1. The lowest BCUT2D eigenvalue weighted by Crippen LogP contribution is -2.49. The van der Waals surface area contributed by atoms with Crippen LogP contribution in [0.1, 0.15) is 23.5 Å². The van der Waals surface area contributed by atoms with Gasteiger partial charge in [0.05, 0.1) is 31.4 Å². The van der Waals surface area contributed by atoms with Gasteiger partial charge in [0.15, 0.2) is 10.8 Å². The highest BCUT2D eigenvalue weighted by molar-refractivity contribution is 7.11. The highest BCUT2D eigenvalue weighted by Gasteiger charge is 2.35. The molecule has 3 heterocycles. The van der Waals surface area contributed by atoms with Crippen molar-refractivity contribution in [1.82, 2.24) is 20.1 Å². The van der Waals surface area contributed by atoms with Gasteiger partial charge in [-0.15, -0.1) is 11.3 Å². The second kappa shape index (κ2) is 12.8. The van der Waals surface area contributed by atoms with Gasteiger partial charge in [-0.05, 0) is 26.1 Å². The van der Waals surface area contributed by atoms with Crippen LogP contribution in [0.5, 0.6) is 0 Å². The van der Waals surface area contributed by atoms with Crippen LogP contribution in [0.4, 0.5) is 4.39 Å². The number of nitrogens with one attached hydrogen (secondary N) is 1. The summed E-state index contributed by atoms with van der Waals surface area (Å²) in [6.07, 6.45) is 1.45. The van der Waals surface area contributed by atoms with Gasteiger partial charge in [0.2, 0.25) is 0 Å². The molecular formula is C25H29ClFN5O5S. The first-order valence-electron chi connectivity index (χ1n) is 12.1. The maximum absolute atomic E-state index is 13.9. The topological polar surface area (TPSA) is 117 Å².